The summed E-state index contributed by atoms with van der Waals surface area (Å²) in [6.45, 7) is 0.688. The van der Waals surface area contributed by atoms with E-state index in [0.29, 0.717) is 13.1 Å². The lowest BCUT2D eigenvalue weighted by Crippen LogP contribution is -2.47. The molecule has 1 amide bonds. The first-order valence-electron chi connectivity index (χ1n) is 7.96. The van der Waals surface area contributed by atoms with Gasteiger partial charge >= 0.3 is 6.18 Å². The van der Waals surface area contributed by atoms with E-state index in [1.54, 1.807) is 14.1 Å². The zero-order valence-corrected chi connectivity index (χ0v) is 13.8. The van der Waals surface area contributed by atoms with Crippen LogP contribution < -0.4 is 0 Å². The number of likely N-dealkylation sites (N-methyl/N-ethyl adjacent to an activating group) is 1. The highest BCUT2D eigenvalue weighted by atomic mass is 19.4. The van der Waals surface area contributed by atoms with Crippen molar-refractivity contribution in [3.63, 3.8) is 0 Å². The van der Waals surface area contributed by atoms with Gasteiger partial charge in [-0.25, -0.2) is 0 Å². The van der Waals surface area contributed by atoms with Crippen molar-refractivity contribution in [2.24, 2.45) is 5.92 Å². The number of piperidine rings is 1. The highest BCUT2D eigenvalue weighted by Crippen LogP contribution is 2.34. The molecule has 1 aromatic rings. The number of aliphatic hydroxyl groups excluding tert-OH is 1. The molecular weight excluding hydrogens is 321 g/mol. The quantitative estimate of drug-likeness (QED) is 0.912. The Labute approximate surface area is 139 Å². The summed E-state index contributed by atoms with van der Waals surface area (Å²) in [5, 5.41) is 9.43. The SMILES string of the molecule is CN(C)C(=O)C(c1ccccc1)N1CCC(C(O)C(F)(F)F)CC1. The van der Waals surface area contributed by atoms with E-state index >= 15 is 0 Å². The second-order valence-corrected chi connectivity index (χ2v) is 6.41. The van der Waals surface area contributed by atoms with E-state index in [9.17, 15) is 23.1 Å². The summed E-state index contributed by atoms with van der Waals surface area (Å²) < 4.78 is 38.0. The predicted octanol–water partition coefficient (Wildman–Crippen LogP) is 2.45. The van der Waals surface area contributed by atoms with Crippen molar-refractivity contribution < 1.29 is 23.1 Å². The molecular formula is C17H23F3N2O2. The van der Waals surface area contributed by atoms with Crippen molar-refractivity contribution in [3.8, 4) is 0 Å². The van der Waals surface area contributed by atoms with E-state index in [-0.39, 0.29) is 18.7 Å². The molecule has 1 aromatic carbocycles. The number of hydrogen-bond donors (Lipinski definition) is 1. The first kappa shape index (κ1) is 18.7. The van der Waals surface area contributed by atoms with Gasteiger partial charge in [0.25, 0.3) is 0 Å². The Hall–Kier alpha value is -1.60. The smallest absolute Gasteiger partial charge is 0.383 e. The molecule has 1 N–H and O–H groups in total. The van der Waals surface area contributed by atoms with Crippen molar-refractivity contribution in [3.05, 3.63) is 35.9 Å². The van der Waals surface area contributed by atoms with Crippen LogP contribution in [0.25, 0.3) is 0 Å². The highest BCUT2D eigenvalue weighted by molar-refractivity contribution is 5.82. The van der Waals surface area contributed by atoms with E-state index in [2.05, 4.69) is 0 Å². The van der Waals surface area contributed by atoms with Crippen LogP contribution in [0.2, 0.25) is 0 Å². The predicted molar refractivity (Wildman–Crippen MR) is 84.2 cm³/mol. The van der Waals surface area contributed by atoms with Crippen molar-refractivity contribution >= 4 is 5.91 Å². The van der Waals surface area contributed by atoms with Gasteiger partial charge in [-0.3, -0.25) is 9.69 Å². The third kappa shape index (κ3) is 4.27. The number of halogens is 3. The van der Waals surface area contributed by atoms with Gasteiger partial charge in [-0.2, -0.15) is 13.2 Å². The maximum absolute atomic E-state index is 12.7. The Balaban J connectivity index is 2.12. The maximum atomic E-state index is 12.7. The molecule has 0 saturated carbocycles. The number of aliphatic hydroxyl groups is 1. The van der Waals surface area contributed by atoms with Crippen molar-refractivity contribution in [2.45, 2.75) is 31.2 Å². The fourth-order valence-corrected chi connectivity index (χ4v) is 3.15. The lowest BCUT2D eigenvalue weighted by molar-refractivity contribution is -0.223. The summed E-state index contributed by atoms with van der Waals surface area (Å²) in [7, 11) is 3.33. The number of rotatable bonds is 4. The standard InChI is InChI=1S/C17H23F3N2O2/c1-21(2)16(24)14(12-6-4-3-5-7-12)22-10-8-13(9-11-22)15(23)17(18,19)20/h3-7,13-15,23H,8-11H2,1-2H3. The van der Waals surface area contributed by atoms with Crippen molar-refractivity contribution in [2.75, 3.05) is 27.2 Å². The summed E-state index contributed by atoms with van der Waals surface area (Å²) in [6, 6.07) is 8.72. The number of benzene rings is 1. The van der Waals surface area contributed by atoms with Gasteiger partial charge in [-0.15, -0.1) is 0 Å². The monoisotopic (exact) mass is 344 g/mol. The first-order chi connectivity index (χ1) is 11.2. The Morgan fingerprint density at radius 1 is 1.21 bits per heavy atom. The number of likely N-dealkylation sites (tertiary alicyclic amines) is 1. The largest absolute Gasteiger partial charge is 0.414 e. The fraction of sp³-hybridized carbons (Fsp3) is 0.588. The van der Waals surface area contributed by atoms with Crippen LogP contribution in [0.4, 0.5) is 13.2 Å². The molecule has 0 radical (unpaired) electrons. The fourth-order valence-electron chi connectivity index (χ4n) is 3.15. The minimum Gasteiger partial charge on any atom is -0.383 e. The molecule has 0 spiro atoms. The van der Waals surface area contributed by atoms with E-state index in [1.807, 2.05) is 35.2 Å². The van der Waals surface area contributed by atoms with Gasteiger partial charge in [0, 0.05) is 14.1 Å². The Morgan fingerprint density at radius 3 is 2.21 bits per heavy atom. The van der Waals surface area contributed by atoms with Crippen LogP contribution in [-0.4, -0.2) is 60.3 Å². The third-order valence-electron chi connectivity index (χ3n) is 4.51. The number of carbonyl (C=O) groups excluding carboxylic acids is 1. The average molecular weight is 344 g/mol. The molecule has 2 rings (SSSR count). The van der Waals surface area contributed by atoms with Crippen molar-refractivity contribution in [1.82, 2.24) is 9.80 Å². The molecule has 1 fully saturated rings. The Kier molecular flexibility index (Phi) is 5.87. The van der Waals surface area contributed by atoms with Crippen molar-refractivity contribution in [1.29, 1.82) is 0 Å². The lowest BCUT2D eigenvalue weighted by atomic mass is 9.89. The number of hydrogen-bond acceptors (Lipinski definition) is 3. The van der Waals surface area contributed by atoms with Crippen LogP contribution in [0.3, 0.4) is 0 Å². The third-order valence-corrected chi connectivity index (χ3v) is 4.51. The van der Waals surface area contributed by atoms with Gasteiger partial charge in [0.2, 0.25) is 5.91 Å². The first-order valence-corrected chi connectivity index (χ1v) is 7.96. The average Bonchev–Trinajstić information content (AvgIpc) is 2.55. The summed E-state index contributed by atoms with van der Waals surface area (Å²) in [6.07, 6.45) is -6.46. The summed E-state index contributed by atoms with van der Waals surface area (Å²) in [5.74, 6) is -0.914. The lowest BCUT2D eigenvalue weighted by Gasteiger charge is -2.39. The number of alkyl halides is 3. The van der Waals surface area contributed by atoms with Gasteiger partial charge in [0.15, 0.2) is 6.10 Å². The molecule has 2 atom stereocenters. The van der Waals surface area contributed by atoms with E-state index in [4.69, 9.17) is 0 Å². The zero-order valence-electron chi connectivity index (χ0n) is 13.8. The van der Waals surface area contributed by atoms with Gasteiger partial charge in [-0.05, 0) is 37.4 Å². The Morgan fingerprint density at radius 2 is 1.75 bits per heavy atom. The molecule has 0 aromatic heterocycles. The van der Waals surface area contributed by atoms with Gasteiger partial charge < -0.3 is 10.0 Å². The van der Waals surface area contributed by atoms with Gasteiger partial charge in [0.1, 0.15) is 6.04 Å². The molecule has 1 aliphatic rings. The normalized spacial score (nSPS) is 19.8. The second-order valence-electron chi connectivity index (χ2n) is 6.41. The van der Waals surface area contributed by atoms with E-state index < -0.39 is 24.2 Å². The van der Waals surface area contributed by atoms with Crippen LogP contribution in [0.1, 0.15) is 24.4 Å². The zero-order chi connectivity index (χ0) is 17.9. The number of amides is 1. The van der Waals surface area contributed by atoms with Crippen LogP contribution in [0, 0.1) is 5.92 Å². The molecule has 4 nitrogen and oxygen atoms in total. The Bertz CT molecular complexity index is 541. The molecule has 1 heterocycles. The van der Waals surface area contributed by atoms with E-state index in [1.165, 1.54) is 4.90 Å². The molecule has 7 heteroatoms. The van der Waals surface area contributed by atoms with Crippen LogP contribution in [-0.2, 0) is 4.79 Å². The molecule has 1 aliphatic heterocycles. The summed E-state index contributed by atoms with van der Waals surface area (Å²) in [4.78, 5) is 16.0. The van der Waals surface area contributed by atoms with Crippen LogP contribution >= 0.6 is 0 Å². The number of nitrogens with zero attached hydrogens (tertiary/aromatic N) is 2. The minimum atomic E-state index is -4.59. The molecule has 1 saturated heterocycles. The second kappa shape index (κ2) is 7.53. The summed E-state index contributed by atoms with van der Waals surface area (Å²) >= 11 is 0. The molecule has 2 unspecified atom stereocenters. The van der Waals surface area contributed by atoms with Crippen LogP contribution in [0.5, 0.6) is 0 Å². The highest BCUT2D eigenvalue weighted by Gasteiger charge is 2.45. The molecule has 0 aliphatic carbocycles. The van der Waals surface area contributed by atoms with Gasteiger partial charge in [0.05, 0.1) is 0 Å². The van der Waals surface area contributed by atoms with Gasteiger partial charge in [-0.1, -0.05) is 30.3 Å². The molecule has 24 heavy (non-hydrogen) atoms. The van der Waals surface area contributed by atoms with E-state index in [0.717, 1.165) is 5.56 Å². The maximum Gasteiger partial charge on any atom is 0.414 e. The number of carbonyl (C=O) groups is 1. The topological polar surface area (TPSA) is 43.8 Å². The van der Waals surface area contributed by atoms with Crippen LogP contribution in [0.15, 0.2) is 30.3 Å². The molecule has 0 bridgehead atoms. The molecule has 134 valence electrons. The summed E-state index contributed by atoms with van der Waals surface area (Å²) in [5.41, 5.74) is 0.825. The minimum absolute atomic E-state index is 0.101.